The molecule has 130 valence electrons. The first kappa shape index (κ1) is 18.6. The van der Waals surface area contributed by atoms with Gasteiger partial charge in [0.1, 0.15) is 18.0 Å². The Morgan fingerprint density at radius 1 is 1.33 bits per heavy atom. The summed E-state index contributed by atoms with van der Waals surface area (Å²) in [5.74, 6) is 1.37. The van der Waals surface area contributed by atoms with E-state index in [1.165, 1.54) is 12.4 Å². The van der Waals surface area contributed by atoms with Crippen LogP contribution in [0.5, 0.6) is 0 Å². The number of aromatic nitrogens is 3. The van der Waals surface area contributed by atoms with E-state index in [4.69, 9.17) is 0 Å². The standard InChI is InChI=1S/C16H21FN6.HI/c1-18-15(19-9-14-21-11-22-23(14)2)20-10-16(7-8-16)12-5-3-4-6-13(12)17;/h3-6,11H,7-10H2,1-2H3,(H2,18,19,20);1H. The maximum absolute atomic E-state index is 14.0. The van der Waals surface area contributed by atoms with Crippen molar-refractivity contribution in [3.63, 3.8) is 0 Å². The van der Waals surface area contributed by atoms with E-state index < -0.39 is 0 Å². The van der Waals surface area contributed by atoms with E-state index in [1.807, 2.05) is 19.2 Å². The van der Waals surface area contributed by atoms with E-state index in [0.29, 0.717) is 19.0 Å². The molecule has 0 spiro atoms. The Hall–Kier alpha value is -1.71. The molecule has 1 fully saturated rings. The van der Waals surface area contributed by atoms with Gasteiger partial charge in [0.25, 0.3) is 0 Å². The van der Waals surface area contributed by atoms with Crippen LogP contribution in [0.3, 0.4) is 0 Å². The second-order valence-electron chi connectivity index (χ2n) is 5.84. The van der Waals surface area contributed by atoms with E-state index >= 15 is 0 Å². The molecule has 0 bridgehead atoms. The largest absolute Gasteiger partial charge is 0.356 e. The molecule has 0 unspecified atom stereocenters. The van der Waals surface area contributed by atoms with Crippen LogP contribution in [0.2, 0.25) is 0 Å². The average Bonchev–Trinajstić information content (AvgIpc) is 3.23. The Kier molecular flexibility index (Phi) is 6.14. The summed E-state index contributed by atoms with van der Waals surface area (Å²) >= 11 is 0. The summed E-state index contributed by atoms with van der Waals surface area (Å²) in [5, 5.41) is 10.5. The molecule has 1 heterocycles. The molecular weight excluding hydrogens is 422 g/mol. The molecule has 6 nitrogen and oxygen atoms in total. The molecule has 24 heavy (non-hydrogen) atoms. The summed E-state index contributed by atoms with van der Waals surface area (Å²) < 4.78 is 15.7. The minimum absolute atomic E-state index is 0. The highest BCUT2D eigenvalue weighted by Crippen LogP contribution is 2.48. The van der Waals surface area contributed by atoms with E-state index in [1.54, 1.807) is 17.8 Å². The topological polar surface area (TPSA) is 67.1 Å². The van der Waals surface area contributed by atoms with Crippen molar-refractivity contribution in [3.05, 3.63) is 47.8 Å². The number of benzene rings is 1. The Labute approximate surface area is 158 Å². The van der Waals surface area contributed by atoms with Gasteiger partial charge in [-0.05, 0) is 24.5 Å². The average molecular weight is 444 g/mol. The number of hydrogen-bond donors (Lipinski definition) is 2. The van der Waals surface area contributed by atoms with Crippen LogP contribution in [-0.2, 0) is 19.0 Å². The van der Waals surface area contributed by atoms with Gasteiger partial charge in [0.2, 0.25) is 0 Å². The number of guanidine groups is 1. The maximum atomic E-state index is 14.0. The second kappa shape index (κ2) is 7.91. The zero-order valence-corrected chi connectivity index (χ0v) is 16.1. The van der Waals surface area contributed by atoms with Gasteiger partial charge >= 0.3 is 0 Å². The molecule has 0 atom stereocenters. The maximum Gasteiger partial charge on any atom is 0.191 e. The van der Waals surface area contributed by atoms with Crippen LogP contribution in [-0.4, -0.2) is 34.3 Å². The van der Waals surface area contributed by atoms with Crippen molar-refractivity contribution >= 4 is 29.9 Å². The molecule has 8 heteroatoms. The number of nitrogens with one attached hydrogen (secondary N) is 2. The van der Waals surface area contributed by atoms with Gasteiger partial charge in [-0.1, -0.05) is 18.2 Å². The lowest BCUT2D eigenvalue weighted by molar-refractivity contribution is 0.559. The molecule has 0 radical (unpaired) electrons. The summed E-state index contributed by atoms with van der Waals surface area (Å²) in [6.07, 6.45) is 3.49. The van der Waals surface area contributed by atoms with E-state index in [2.05, 4.69) is 25.7 Å². The number of hydrogen-bond acceptors (Lipinski definition) is 3. The fourth-order valence-corrected chi connectivity index (χ4v) is 2.70. The highest BCUT2D eigenvalue weighted by molar-refractivity contribution is 14.0. The third kappa shape index (κ3) is 4.03. The molecule has 1 aliphatic rings. The van der Waals surface area contributed by atoms with Crippen LogP contribution in [0.1, 0.15) is 24.2 Å². The zero-order valence-electron chi connectivity index (χ0n) is 13.8. The minimum atomic E-state index is -0.131. The predicted octanol–water partition coefficient (Wildman–Crippen LogP) is 1.97. The number of halogens is 2. The van der Waals surface area contributed by atoms with Crippen molar-refractivity contribution in [2.45, 2.75) is 24.8 Å². The van der Waals surface area contributed by atoms with E-state index in [9.17, 15) is 4.39 Å². The van der Waals surface area contributed by atoms with Crippen molar-refractivity contribution in [1.82, 2.24) is 25.4 Å². The lowest BCUT2D eigenvalue weighted by atomic mass is 9.95. The van der Waals surface area contributed by atoms with Crippen molar-refractivity contribution in [2.75, 3.05) is 13.6 Å². The third-order valence-corrected chi connectivity index (χ3v) is 4.34. The molecule has 1 aromatic heterocycles. The van der Waals surface area contributed by atoms with Gasteiger partial charge in [0.15, 0.2) is 5.96 Å². The second-order valence-corrected chi connectivity index (χ2v) is 5.84. The van der Waals surface area contributed by atoms with Gasteiger partial charge in [-0.25, -0.2) is 9.37 Å². The fraction of sp³-hybridized carbons (Fsp3) is 0.438. The highest BCUT2D eigenvalue weighted by Gasteiger charge is 2.45. The van der Waals surface area contributed by atoms with E-state index in [-0.39, 0.29) is 35.2 Å². The molecule has 3 rings (SSSR count). The molecule has 1 aliphatic carbocycles. The quantitative estimate of drug-likeness (QED) is 0.421. The van der Waals surface area contributed by atoms with Crippen molar-refractivity contribution in [1.29, 1.82) is 0 Å². The van der Waals surface area contributed by atoms with Crippen molar-refractivity contribution in [2.24, 2.45) is 12.0 Å². The van der Waals surface area contributed by atoms with Gasteiger partial charge in [-0.15, -0.1) is 24.0 Å². The van der Waals surface area contributed by atoms with Crippen molar-refractivity contribution in [3.8, 4) is 0 Å². The lowest BCUT2D eigenvalue weighted by Crippen LogP contribution is -2.41. The SMILES string of the molecule is CN=C(NCc1ncnn1C)NCC1(c2ccccc2F)CC1.I. The third-order valence-electron chi connectivity index (χ3n) is 4.34. The Morgan fingerprint density at radius 3 is 2.67 bits per heavy atom. The van der Waals surface area contributed by atoms with Crippen LogP contribution in [0.4, 0.5) is 4.39 Å². The van der Waals surface area contributed by atoms with Crippen molar-refractivity contribution < 1.29 is 4.39 Å². The first-order chi connectivity index (χ1) is 11.1. The Morgan fingerprint density at radius 2 is 2.08 bits per heavy atom. The molecule has 0 amide bonds. The number of nitrogens with zero attached hydrogens (tertiary/aromatic N) is 4. The fourth-order valence-electron chi connectivity index (χ4n) is 2.70. The highest BCUT2D eigenvalue weighted by atomic mass is 127. The van der Waals surface area contributed by atoms with Crippen LogP contribution in [0, 0.1) is 5.82 Å². The molecule has 2 aromatic rings. The first-order valence-electron chi connectivity index (χ1n) is 7.67. The van der Waals surface area contributed by atoms with E-state index in [0.717, 1.165) is 24.2 Å². The van der Waals surface area contributed by atoms with Gasteiger partial charge < -0.3 is 10.6 Å². The number of aliphatic imine (C=N–C) groups is 1. The molecule has 0 saturated heterocycles. The predicted molar refractivity (Wildman–Crippen MR) is 102 cm³/mol. The molecule has 2 N–H and O–H groups in total. The van der Waals surface area contributed by atoms with Crippen LogP contribution < -0.4 is 10.6 Å². The summed E-state index contributed by atoms with van der Waals surface area (Å²) in [4.78, 5) is 8.37. The normalized spacial score (nSPS) is 15.5. The van der Waals surface area contributed by atoms with Crippen LogP contribution >= 0.6 is 24.0 Å². The molecule has 1 saturated carbocycles. The van der Waals surface area contributed by atoms with Crippen LogP contribution in [0.15, 0.2) is 35.6 Å². The zero-order chi connectivity index (χ0) is 16.3. The minimum Gasteiger partial charge on any atom is -0.356 e. The number of aryl methyl sites for hydroxylation is 1. The van der Waals surface area contributed by atoms with Gasteiger partial charge in [-0.3, -0.25) is 9.67 Å². The summed E-state index contributed by atoms with van der Waals surface area (Å²) in [6.45, 7) is 1.19. The Bertz CT molecular complexity index is 710. The molecule has 1 aromatic carbocycles. The van der Waals surface area contributed by atoms with Gasteiger partial charge in [0, 0.05) is 26.1 Å². The number of rotatable bonds is 5. The molecular formula is C16H22FIN6. The van der Waals surface area contributed by atoms with Gasteiger partial charge in [-0.2, -0.15) is 5.10 Å². The summed E-state index contributed by atoms with van der Waals surface area (Å²) in [6, 6.07) is 7.01. The van der Waals surface area contributed by atoms with Crippen LogP contribution in [0.25, 0.3) is 0 Å². The Balaban J connectivity index is 0.00000208. The lowest BCUT2D eigenvalue weighted by Gasteiger charge is -2.19. The summed E-state index contributed by atoms with van der Waals surface area (Å²) in [5.41, 5.74) is 0.671. The smallest absolute Gasteiger partial charge is 0.191 e. The summed E-state index contributed by atoms with van der Waals surface area (Å²) in [7, 11) is 3.56. The van der Waals surface area contributed by atoms with Gasteiger partial charge in [0.05, 0.1) is 6.54 Å². The molecule has 0 aliphatic heterocycles. The first-order valence-corrected chi connectivity index (χ1v) is 7.67. The monoisotopic (exact) mass is 444 g/mol.